The Morgan fingerprint density at radius 1 is 1.26 bits per heavy atom. The van der Waals surface area contributed by atoms with E-state index in [1.165, 1.54) is 0 Å². The van der Waals surface area contributed by atoms with E-state index in [4.69, 9.17) is 0 Å². The number of halogens is 3. The number of hydrogen-bond donors (Lipinski definition) is 0. The highest BCUT2D eigenvalue weighted by Crippen LogP contribution is 2.25. The van der Waals surface area contributed by atoms with Crippen LogP contribution in [0.5, 0.6) is 0 Å². The lowest BCUT2D eigenvalue weighted by molar-refractivity contribution is -0.116. The monoisotopic (exact) mass is 270 g/mol. The molecule has 0 N–H and O–H groups in total. The molecule has 0 radical (unpaired) electrons. The first-order valence-electron chi connectivity index (χ1n) is 5.92. The highest BCUT2D eigenvalue weighted by atomic mass is 19.2. The zero-order chi connectivity index (χ0) is 14.2. The smallest absolute Gasteiger partial charge is 0.253 e. The molecule has 0 atom stereocenters. The summed E-state index contributed by atoms with van der Waals surface area (Å²) < 4.78 is 39.1. The number of hydrazone groups is 1. The number of benzene rings is 1. The third-order valence-electron chi connectivity index (χ3n) is 2.69. The molecule has 1 amide bonds. The van der Waals surface area contributed by atoms with Crippen LogP contribution >= 0.6 is 0 Å². The minimum absolute atomic E-state index is 0.0971. The number of hydrogen-bond acceptors (Lipinski definition) is 2. The molecule has 2 rings (SSSR count). The minimum atomic E-state index is -1.55. The van der Waals surface area contributed by atoms with Gasteiger partial charge in [0.1, 0.15) is 0 Å². The molecule has 1 aliphatic rings. The summed E-state index contributed by atoms with van der Waals surface area (Å²) in [6.45, 7) is 3.96. The largest absolute Gasteiger partial charge is 0.272 e. The van der Waals surface area contributed by atoms with Gasteiger partial charge in [-0.25, -0.2) is 18.2 Å². The van der Waals surface area contributed by atoms with Gasteiger partial charge in [0, 0.05) is 17.8 Å². The second-order valence-electron chi connectivity index (χ2n) is 4.87. The van der Waals surface area contributed by atoms with Gasteiger partial charge < -0.3 is 0 Å². The fourth-order valence-electron chi connectivity index (χ4n) is 1.93. The van der Waals surface area contributed by atoms with Crippen molar-refractivity contribution >= 4 is 17.3 Å². The van der Waals surface area contributed by atoms with Crippen molar-refractivity contribution in [2.45, 2.75) is 26.7 Å². The average molecular weight is 270 g/mol. The number of nitrogens with zero attached hydrogens (tertiary/aromatic N) is 2. The molecular weight excluding hydrogens is 257 g/mol. The number of carbonyl (C=O) groups is 1. The topological polar surface area (TPSA) is 32.7 Å². The maximum atomic E-state index is 13.1. The lowest BCUT2D eigenvalue weighted by atomic mass is 10.1. The van der Waals surface area contributed by atoms with E-state index in [1.807, 2.05) is 13.8 Å². The van der Waals surface area contributed by atoms with Gasteiger partial charge in [0.15, 0.2) is 17.5 Å². The van der Waals surface area contributed by atoms with E-state index in [0.29, 0.717) is 18.1 Å². The molecule has 1 aliphatic heterocycles. The van der Waals surface area contributed by atoms with E-state index in [2.05, 4.69) is 5.10 Å². The van der Waals surface area contributed by atoms with Gasteiger partial charge in [-0.2, -0.15) is 5.10 Å². The van der Waals surface area contributed by atoms with Crippen molar-refractivity contribution in [3.8, 4) is 0 Å². The van der Waals surface area contributed by atoms with Crippen LogP contribution in [-0.2, 0) is 4.79 Å². The van der Waals surface area contributed by atoms with Crippen LogP contribution in [0.25, 0.3) is 0 Å². The van der Waals surface area contributed by atoms with Crippen LogP contribution in [0, 0.1) is 23.4 Å². The normalized spacial score (nSPS) is 15.4. The SMILES string of the molecule is CC(C)CC1=NN(c2cc(F)c(F)c(F)c2)C(=O)C1. The van der Waals surface area contributed by atoms with Crippen LogP contribution in [0.2, 0.25) is 0 Å². The summed E-state index contributed by atoms with van der Waals surface area (Å²) in [7, 11) is 0. The molecule has 19 heavy (non-hydrogen) atoms. The Morgan fingerprint density at radius 3 is 2.37 bits per heavy atom. The Morgan fingerprint density at radius 2 is 1.84 bits per heavy atom. The number of rotatable bonds is 3. The molecule has 6 heteroatoms. The fraction of sp³-hybridized carbons (Fsp3) is 0.385. The maximum absolute atomic E-state index is 13.1. The molecule has 1 aromatic rings. The van der Waals surface area contributed by atoms with Crippen LogP contribution in [0.15, 0.2) is 17.2 Å². The average Bonchev–Trinajstić information content (AvgIpc) is 2.65. The van der Waals surface area contributed by atoms with Gasteiger partial charge in [-0.1, -0.05) is 13.8 Å². The zero-order valence-electron chi connectivity index (χ0n) is 10.6. The second kappa shape index (κ2) is 5.03. The molecule has 0 bridgehead atoms. The van der Waals surface area contributed by atoms with E-state index in [0.717, 1.165) is 17.1 Å². The first kappa shape index (κ1) is 13.6. The van der Waals surface area contributed by atoms with Gasteiger partial charge in [-0.15, -0.1) is 0 Å². The van der Waals surface area contributed by atoms with Crippen LogP contribution in [0.1, 0.15) is 26.7 Å². The first-order valence-corrected chi connectivity index (χ1v) is 5.92. The summed E-state index contributed by atoms with van der Waals surface area (Å²) in [5.41, 5.74) is 0.560. The summed E-state index contributed by atoms with van der Waals surface area (Å²) in [4.78, 5) is 11.7. The molecular formula is C13H13F3N2O. The van der Waals surface area contributed by atoms with E-state index in [1.54, 1.807) is 0 Å². The molecule has 1 aromatic carbocycles. The standard InChI is InChI=1S/C13H13F3N2O/c1-7(2)3-8-4-12(19)18(17-8)9-5-10(14)13(16)11(15)6-9/h5-7H,3-4H2,1-2H3. The van der Waals surface area contributed by atoms with E-state index in [9.17, 15) is 18.0 Å². The summed E-state index contributed by atoms with van der Waals surface area (Å²) >= 11 is 0. The molecule has 1 heterocycles. The first-order chi connectivity index (χ1) is 8.88. The Hall–Kier alpha value is -1.85. The molecule has 0 unspecified atom stereocenters. The Balaban J connectivity index is 2.31. The van der Waals surface area contributed by atoms with E-state index in [-0.39, 0.29) is 18.0 Å². The van der Waals surface area contributed by atoms with Gasteiger partial charge in [-0.05, 0) is 12.3 Å². The van der Waals surface area contributed by atoms with Crippen molar-refractivity contribution in [1.82, 2.24) is 0 Å². The highest BCUT2D eigenvalue weighted by molar-refractivity contribution is 6.12. The number of anilines is 1. The Labute approximate surface area is 108 Å². The van der Waals surface area contributed by atoms with Crippen molar-refractivity contribution in [2.24, 2.45) is 11.0 Å². The Bertz CT molecular complexity index is 532. The molecule has 0 aromatic heterocycles. The molecule has 3 nitrogen and oxygen atoms in total. The van der Waals surface area contributed by atoms with Gasteiger partial charge in [-0.3, -0.25) is 4.79 Å². The molecule has 102 valence electrons. The third-order valence-corrected chi connectivity index (χ3v) is 2.69. The van der Waals surface area contributed by atoms with Crippen LogP contribution < -0.4 is 5.01 Å². The summed E-state index contributed by atoms with van der Waals surface area (Å²) in [6, 6.07) is 1.52. The van der Waals surface area contributed by atoms with Gasteiger partial charge >= 0.3 is 0 Å². The van der Waals surface area contributed by atoms with Crippen molar-refractivity contribution in [1.29, 1.82) is 0 Å². The second-order valence-corrected chi connectivity index (χ2v) is 4.87. The molecule has 0 spiro atoms. The molecule has 0 aliphatic carbocycles. The lowest BCUT2D eigenvalue weighted by Crippen LogP contribution is -2.20. The quantitative estimate of drug-likeness (QED) is 0.776. The minimum Gasteiger partial charge on any atom is -0.272 e. The van der Waals surface area contributed by atoms with Gasteiger partial charge in [0.2, 0.25) is 0 Å². The van der Waals surface area contributed by atoms with Crippen LogP contribution in [0.3, 0.4) is 0 Å². The predicted molar refractivity (Wildman–Crippen MR) is 65.3 cm³/mol. The highest BCUT2D eigenvalue weighted by Gasteiger charge is 2.27. The van der Waals surface area contributed by atoms with Crippen molar-refractivity contribution in [2.75, 3.05) is 5.01 Å². The number of amides is 1. The maximum Gasteiger partial charge on any atom is 0.253 e. The Kier molecular flexibility index (Phi) is 3.59. The summed E-state index contributed by atoms with van der Waals surface area (Å²) in [5.74, 6) is -4.28. The summed E-state index contributed by atoms with van der Waals surface area (Å²) in [6.07, 6.45) is 0.757. The predicted octanol–water partition coefficient (Wildman–Crippen LogP) is 3.24. The van der Waals surface area contributed by atoms with Crippen molar-refractivity contribution in [3.05, 3.63) is 29.6 Å². The van der Waals surface area contributed by atoms with Gasteiger partial charge in [0.05, 0.1) is 12.1 Å². The molecule has 0 fully saturated rings. The summed E-state index contributed by atoms with van der Waals surface area (Å²) in [5, 5.41) is 4.96. The number of carbonyl (C=O) groups excluding carboxylic acids is 1. The van der Waals surface area contributed by atoms with Crippen molar-refractivity contribution in [3.63, 3.8) is 0 Å². The zero-order valence-corrected chi connectivity index (χ0v) is 10.6. The van der Waals surface area contributed by atoms with Crippen LogP contribution in [0.4, 0.5) is 18.9 Å². The molecule has 0 saturated carbocycles. The van der Waals surface area contributed by atoms with Gasteiger partial charge in [0.25, 0.3) is 5.91 Å². The molecule has 0 saturated heterocycles. The fourth-order valence-corrected chi connectivity index (χ4v) is 1.93. The van der Waals surface area contributed by atoms with E-state index < -0.39 is 17.5 Å². The van der Waals surface area contributed by atoms with E-state index >= 15 is 0 Å². The third kappa shape index (κ3) is 2.77. The lowest BCUT2D eigenvalue weighted by Gasteiger charge is -2.12. The van der Waals surface area contributed by atoms with Crippen molar-refractivity contribution < 1.29 is 18.0 Å². The van der Waals surface area contributed by atoms with Crippen LogP contribution in [-0.4, -0.2) is 11.6 Å².